The monoisotopic (exact) mass is 458 g/mol. The number of aromatic nitrogens is 2. The highest BCUT2D eigenvalue weighted by Crippen LogP contribution is 2.26. The normalized spacial score (nSPS) is 16.4. The summed E-state index contributed by atoms with van der Waals surface area (Å²) in [5, 5.41) is 5.98. The van der Waals surface area contributed by atoms with E-state index >= 15 is 0 Å². The first-order chi connectivity index (χ1) is 14.7. The van der Waals surface area contributed by atoms with Crippen molar-refractivity contribution in [1.82, 2.24) is 15.3 Å². The van der Waals surface area contributed by atoms with Crippen molar-refractivity contribution in [2.24, 2.45) is 5.92 Å². The molecule has 1 atom stereocenters. The molecule has 0 bridgehead atoms. The third kappa shape index (κ3) is 4.72. The quantitative estimate of drug-likeness (QED) is 0.629. The number of aryl methyl sites for hydroxylation is 1. The molecule has 1 N–H and O–H groups in total. The molecule has 1 fully saturated rings. The summed E-state index contributed by atoms with van der Waals surface area (Å²) in [4.78, 5) is 25.4. The molecule has 1 unspecified atom stereocenters. The molecule has 9 heteroatoms. The number of sulfone groups is 1. The maximum absolute atomic E-state index is 12.7. The first-order valence-electron chi connectivity index (χ1n) is 10.3. The number of thiophene rings is 1. The van der Waals surface area contributed by atoms with Crippen molar-refractivity contribution in [3.63, 3.8) is 0 Å². The maximum atomic E-state index is 12.7. The number of carbonyl (C=O) groups excluding carboxylic acids is 1. The Labute approximate surface area is 186 Å². The summed E-state index contributed by atoms with van der Waals surface area (Å²) in [5.41, 5.74) is 1.43. The van der Waals surface area contributed by atoms with Crippen LogP contribution >= 0.6 is 11.3 Å². The molecule has 1 amide bonds. The summed E-state index contributed by atoms with van der Waals surface area (Å²) in [6.07, 6.45) is 2.65. The van der Waals surface area contributed by atoms with Gasteiger partial charge >= 0.3 is 0 Å². The average Bonchev–Trinajstić information content (AvgIpc) is 3.28. The third-order valence-corrected chi connectivity index (χ3v) is 7.92. The molecule has 2 aromatic heterocycles. The van der Waals surface area contributed by atoms with Gasteiger partial charge in [-0.2, -0.15) is 0 Å². The number of rotatable bonds is 5. The molecule has 1 aliphatic rings. The lowest BCUT2D eigenvalue weighted by atomic mass is 9.95. The minimum Gasteiger partial charge on any atom is -0.349 e. The molecule has 0 aliphatic carbocycles. The second kappa shape index (κ2) is 8.55. The van der Waals surface area contributed by atoms with Crippen LogP contribution in [-0.2, 0) is 14.6 Å². The van der Waals surface area contributed by atoms with Crippen LogP contribution in [0, 0.1) is 12.8 Å². The highest BCUT2D eigenvalue weighted by molar-refractivity contribution is 7.90. The van der Waals surface area contributed by atoms with Gasteiger partial charge in [-0.15, -0.1) is 11.3 Å². The molecule has 3 heterocycles. The number of nitrogens with zero attached hydrogens (tertiary/aromatic N) is 3. The van der Waals surface area contributed by atoms with Crippen LogP contribution in [-0.4, -0.2) is 43.6 Å². The third-order valence-electron chi connectivity index (χ3n) is 5.75. The van der Waals surface area contributed by atoms with E-state index in [-0.39, 0.29) is 22.8 Å². The Morgan fingerprint density at radius 3 is 2.61 bits per heavy atom. The van der Waals surface area contributed by atoms with Gasteiger partial charge in [0.1, 0.15) is 0 Å². The van der Waals surface area contributed by atoms with Crippen LogP contribution in [0.3, 0.4) is 0 Å². The van der Waals surface area contributed by atoms with Crippen LogP contribution < -0.4 is 10.2 Å². The molecule has 0 radical (unpaired) electrons. The van der Waals surface area contributed by atoms with Crippen molar-refractivity contribution in [2.45, 2.75) is 37.6 Å². The number of nitrogens with one attached hydrogen (secondary N) is 1. The Morgan fingerprint density at radius 1 is 1.23 bits per heavy atom. The van der Waals surface area contributed by atoms with E-state index < -0.39 is 9.84 Å². The van der Waals surface area contributed by atoms with Crippen molar-refractivity contribution in [2.75, 3.05) is 24.2 Å². The van der Waals surface area contributed by atoms with Crippen LogP contribution in [0.25, 0.3) is 10.9 Å². The fourth-order valence-electron chi connectivity index (χ4n) is 3.91. The number of fused-ring (bicyclic) bond motifs is 1. The van der Waals surface area contributed by atoms with Crippen LogP contribution in [0.15, 0.2) is 40.6 Å². The molecule has 3 aromatic rings. The lowest BCUT2D eigenvalue weighted by Crippen LogP contribution is -2.41. The van der Waals surface area contributed by atoms with E-state index in [0.29, 0.717) is 24.6 Å². The van der Waals surface area contributed by atoms with Crippen LogP contribution in [0.1, 0.15) is 36.4 Å². The second-order valence-corrected chi connectivity index (χ2v) is 11.1. The van der Waals surface area contributed by atoms with Crippen molar-refractivity contribution >= 4 is 43.9 Å². The summed E-state index contributed by atoms with van der Waals surface area (Å²) < 4.78 is 23.8. The van der Waals surface area contributed by atoms with Gasteiger partial charge in [0.05, 0.1) is 22.1 Å². The molecule has 164 valence electrons. The van der Waals surface area contributed by atoms with E-state index in [9.17, 15) is 13.2 Å². The SMILES string of the molecule is Cc1nc(N2CCC(C(=O)NC(C)c3cccs3)CC2)nc2cc(S(C)(=O)=O)ccc12. The second-order valence-electron chi connectivity index (χ2n) is 8.07. The lowest BCUT2D eigenvalue weighted by molar-refractivity contribution is -0.126. The van der Waals surface area contributed by atoms with Crippen molar-refractivity contribution in [3.05, 3.63) is 46.3 Å². The van der Waals surface area contributed by atoms with Gasteiger partial charge in [-0.25, -0.2) is 18.4 Å². The van der Waals surface area contributed by atoms with E-state index in [0.717, 1.165) is 28.8 Å². The van der Waals surface area contributed by atoms with Gasteiger partial charge < -0.3 is 10.2 Å². The van der Waals surface area contributed by atoms with Gasteiger partial charge in [0.25, 0.3) is 0 Å². The smallest absolute Gasteiger partial charge is 0.226 e. The Bertz CT molecular complexity index is 1200. The highest BCUT2D eigenvalue weighted by atomic mass is 32.2. The Hall–Kier alpha value is -2.52. The van der Waals surface area contributed by atoms with Gasteiger partial charge in [-0.05, 0) is 56.3 Å². The zero-order chi connectivity index (χ0) is 22.2. The topological polar surface area (TPSA) is 92.3 Å². The molecule has 7 nitrogen and oxygen atoms in total. The summed E-state index contributed by atoms with van der Waals surface area (Å²) in [7, 11) is -3.31. The number of anilines is 1. The van der Waals surface area contributed by atoms with E-state index in [1.807, 2.05) is 31.4 Å². The molecule has 1 aromatic carbocycles. The standard InChI is InChI=1S/C22H26N4O3S2/c1-14-18-7-6-17(31(3,28)29)13-19(18)25-22(24-14)26-10-8-16(9-11-26)21(27)23-15(2)20-5-4-12-30-20/h4-7,12-13,15-16H,8-11H2,1-3H3,(H,23,27). The van der Waals surface area contributed by atoms with Crippen LogP contribution in [0.5, 0.6) is 0 Å². The number of piperidine rings is 1. The summed E-state index contributed by atoms with van der Waals surface area (Å²) in [6, 6.07) is 9.00. The molecular formula is C22H26N4O3S2. The number of hydrogen-bond acceptors (Lipinski definition) is 7. The van der Waals surface area contributed by atoms with Crippen molar-refractivity contribution in [1.29, 1.82) is 0 Å². The molecule has 0 spiro atoms. The van der Waals surface area contributed by atoms with Gasteiger partial charge in [-0.1, -0.05) is 6.07 Å². The Kier molecular flexibility index (Phi) is 5.98. The predicted octanol–water partition coefficient (Wildman–Crippen LogP) is 3.50. The zero-order valence-electron chi connectivity index (χ0n) is 17.8. The van der Waals surface area contributed by atoms with Crippen LogP contribution in [0.4, 0.5) is 5.95 Å². The van der Waals surface area contributed by atoms with E-state index in [2.05, 4.69) is 20.2 Å². The van der Waals surface area contributed by atoms with Gasteiger partial charge in [0.2, 0.25) is 11.9 Å². The van der Waals surface area contributed by atoms with Gasteiger partial charge in [0.15, 0.2) is 9.84 Å². The summed E-state index contributed by atoms with van der Waals surface area (Å²) in [6.45, 7) is 5.28. The number of amides is 1. The number of hydrogen-bond donors (Lipinski definition) is 1. The fourth-order valence-corrected chi connectivity index (χ4v) is 5.28. The van der Waals surface area contributed by atoms with Gasteiger partial charge in [-0.3, -0.25) is 4.79 Å². The molecule has 4 rings (SSSR count). The number of carbonyl (C=O) groups is 1. The van der Waals surface area contributed by atoms with Gasteiger partial charge in [0, 0.05) is 35.5 Å². The molecule has 31 heavy (non-hydrogen) atoms. The largest absolute Gasteiger partial charge is 0.349 e. The molecule has 1 aliphatic heterocycles. The Balaban J connectivity index is 1.46. The highest BCUT2D eigenvalue weighted by Gasteiger charge is 2.27. The Morgan fingerprint density at radius 2 is 1.97 bits per heavy atom. The van der Waals surface area contributed by atoms with Crippen molar-refractivity contribution < 1.29 is 13.2 Å². The van der Waals surface area contributed by atoms with E-state index in [1.54, 1.807) is 29.5 Å². The summed E-state index contributed by atoms with van der Waals surface area (Å²) in [5.74, 6) is 0.646. The predicted molar refractivity (Wildman–Crippen MR) is 123 cm³/mol. The van der Waals surface area contributed by atoms with Crippen molar-refractivity contribution in [3.8, 4) is 0 Å². The average molecular weight is 459 g/mol. The first-order valence-corrected chi connectivity index (χ1v) is 13.1. The van der Waals surface area contributed by atoms with E-state index in [1.165, 1.54) is 6.26 Å². The summed E-state index contributed by atoms with van der Waals surface area (Å²) >= 11 is 1.64. The minimum atomic E-state index is -3.31. The molecule has 0 saturated carbocycles. The molecule has 1 saturated heterocycles. The first kappa shape index (κ1) is 21.7. The fraction of sp³-hybridized carbons (Fsp3) is 0.409. The molecular weight excluding hydrogens is 432 g/mol. The minimum absolute atomic E-state index is 0.0149. The van der Waals surface area contributed by atoms with Crippen LogP contribution in [0.2, 0.25) is 0 Å². The zero-order valence-corrected chi connectivity index (χ0v) is 19.5. The number of benzene rings is 1. The van der Waals surface area contributed by atoms with E-state index in [4.69, 9.17) is 0 Å². The lowest BCUT2D eigenvalue weighted by Gasteiger charge is -2.32. The maximum Gasteiger partial charge on any atom is 0.226 e.